The van der Waals surface area contributed by atoms with Crippen molar-refractivity contribution in [1.82, 2.24) is 4.98 Å². The second kappa shape index (κ2) is 6.50. The number of aryl methyl sites for hydroxylation is 1. The summed E-state index contributed by atoms with van der Waals surface area (Å²) in [5, 5.41) is 3.45. The Kier molecular flexibility index (Phi) is 4.96. The van der Waals surface area contributed by atoms with Crippen LogP contribution in [0.5, 0.6) is 0 Å². The summed E-state index contributed by atoms with van der Waals surface area (Å²) >= 11 is 6.98. The van der Waals surface area contributed by atoms with Gasteiger partial charge in [-0.15, -0.1) is 0 Å². The zero-order valence-corrected chi connectivity index (χ0v) is 13.7. The topological polar surface area (TPSA) is 50.9 Å². The van der Waals surface area contributed by atoms with Crippen molar-refractivity contribution in [3.63, 3.8) is 0 Å². The van der Waals surface area contributed by atoms with E-state index in [1.165, 1.54) is 5.56 Å². The summed E-state index contributed by atoms with van der Waals surface area (Å²) < 4.78 is 1.98. The van der Waals surface area contributed by atoms with Crippen molar-refractivity contribution < 1.29 is 0 Å². The summed E-state index contributed by atoms with van der Waals surface area (Å²) in [6.45, 7) is 2.56. The van der Waals surface area contributed by atoms with E-state index in [0.717, 1.165) is 20.2 Å². The number of hydrogen-bond donors (Lipinski definition) is 2. The van der Waals surface area contributed by atoms with Crippen LogP contribution in [0.1, 0.15) is 17.2 Å². The number of aromatic nitrogens is 1. The van der Waals surface area contributed by atoms with Crippen LogP contribution < -0.4 is 11.1 Å². The van der Waals surface area contributed by atoms with E-state index in [1.807, 2.05) is 18.3 Å². The predicted molar refractivity (Wildman–Crippen MR) is 86.2 cm³/mol. The molecule has 5 heteroatoms. The van der Waals surface area contributed by atoms with Crippen LogP contribution in [-0.4, -0.2) is 11.5 Å². The molecular formula is C14H15Br2N3. The lowest BCUT2D eigenvalue weighted by atomic mass is 10.1. The van der Waals surface area contributed by atoms with Gasteiger partial charge in [-0.25, -0.2) is 0 Å². The Morgan fingerprint density at radius 2 is 2.05 bits per heavy atom. The molecule has 1 heterocycles. The largest absolute Gasteiger partial charge is 0.376 e. The van der Waals surface area contributed by atoms with Gasteiger partial charge in [0.2, 0.25) is 0 Å². The standard InChI is InChI=1S/C14H15Br2N3/c1-9-2-3-12(16)13(4-9)19-14(6-17)10-5-11(15)8-18-7-10/h2-5,7-8,14,19H,6,17H2,1H3. The summed E-state index contributed by atoms with van der Waals surface area (Å²) in [4.78, 5) is 4.18. The van der Waals surface area contributed by atoms with E-state index in [0.29, 0.717) is 6.54 Å². The van der Waals surface area contributed by atoms with E-state index >= 15 is 0 Å². The second-order valence-corrected chi connectivity index (χ2v) is 6.12. The molecule has 0 amide bonds. The molecule has 3 N–H and O–H groups in total. The van der Waals surface area contributed by atoms with Crippen LogP contribution in [-0.2, 0) is 0 Å². The zero-order valence-electron chi connectivity index (χ0n) is 10.5. The molecule has 2 rings (SSSR count). The molecule has 1 unspecified atom stereocenters. The number of benzene rings is 1. The lowest BCUT2D eigenvalue weighted by molar-refractivity contribution is 0.783. The van der Waals surface area contributed by atoms with Crippen molar-refractivity contribution >= 4 is 37.5 Å². The van der Waals surface area contributed by atoms with Gasteiger partial charge in [0.15, 0.2) is 0 Å². The minimum atomic E-state index is 0.0306. The lowest BCUT2D eigenvalue weighted by Gasteiger charge is -2.20. The fourth-order valence-corrected chi connectivity index (χ4v) is 2.58. The summed E-state index contributed by atoms with van der Waals surface area (Å²) in [6, 6.07) is 8.25. The molecule has 100 valence electrons. The molecule has 0 saturated heterocycles. The first-order valence-corrected chi connectivity index (χ1v) is 7.52. The van der Waals surface area contributed by atoms with Crippen molar-refractivity contribution in [2.75, 3.05) is 11.9 Å². The highest BCUT2D eigenvalue weighted by Gasteiger charge is 2.12. The first-order chi connectivity index (χ1) is 9.10. The maximum Gasteiger partial charge on any atom is 0.0652 e. The molecule has 0 fully saturated rings. The Balaban J connectivity index is 2.26. The summed E-state index contributed by atoms with van der Waals surface area (Å²) in [5.41, 5.74) is 9.17. The van der Waals surface area contributed by atoms with Crippen molar-refractivity contribution in [2.24, 2.45) is 5.73 Å². The quantitative estimate of drug-likeness (QED) is 0.836. The van der Waals surface area contributed by atoms with Crippen molar-refractivity contribution in [2.45, 2.75) is 13.0 Å². The van der Waals surface area contributed by atoms with Crippen LogP contribution in [0.4, 0.5) is 5.69 Å². The van der Waals surface area contributed by atoms with E-state index in [9.17, 15) is 0 Å². The molecule has 19 heavy (non-hydrogen) atoms. The van der Waals surface area contributed by atoms with Gasteiger partial charge in [-0.1, -0.05) is 6.07 Å². The number of rotatable bonds is 4. The molecule has 0 aliphatic heterocycles. The van der Waals surface area contributed by atoms with Gasteiger partial charge in [-0.2, -0.15) is 0 Å². The highest BCUT2D eigenvalue weighted by Crippen LogP contribution is 2.27. The fraction of sp³-hybridized carbons (Fsp3) is 0.214. The predicted octanol–water partition coefficient (Wildman–Crippen LogP) is 4.03. The van der Waals surface area contributed by atoms with Crippen LogP contribution in [0.3, 0.4) is 0 Å². The molecule has 1 aromatic heterocycles. The third-order valence-corrected chi connectivity index (χ3v) is 3.94. The van der Waals surface area contributed by atoms with Crippen LogP contribution >= 0.6 is 31.9 Å². The number of nitrogens with zero attached hydrogens (tertiary/aromatic N) is 1. The number of pyridine rings is 1. The third-order valence-electron chi connectivity index (χ3n) is 2.82. The average Bonchev–Trinajstić information content (AvgIpc) is 2.39. The first-order valence-electron chi connectivity index (χ1n) is 5.93. The van der Waals surface area contributed by atoms with Crippen LogP contribution in [0.15, 0.2) is 45.6 Å². The zero-order chi connectivity index (χ0) is 13.8. The highest BCUT2D eigenvalue weighted by molar-refractivity contribution is 9.10. The molecular weight excluding hydrogens is 370 g/mol. The van der Waals surface area contributed by atoms with Gasteiger partial charge in [0.1, 0.15) is 0 Å². The fourth-order valence-electron chi connectivity index (χ4n) is 1.83. The van der Waals surface area contributed by atoms with Crippen molar-refractivity contribution in [3.05, 3.63) is 56.7 Å². The molecule has 0 saturated carbocycles. The molecule has 3 nitrogen and oxygen atoms in total. The summed E-state index contributed by atoms with van der Waals surface area (Å²) in [7, 11) is 0. The van der Waals surface area contributed by atoms with Gasteiger partial charge in [0.25, 0.3) is 0 Å². The summed E-state index contributed by atoms with van der Waals surface area (Å²) in [6.07, 6.45) is 3.60. The second-order valence-electron chi connectivity index (χ2n) is 4.35. The van der Waals surface area contributed by atoms with Crippen LogP contribution in [0, 0.1) is 6.92 Å². The minimum Gasteiger partial charge on any atom is -0.376 e. The SMILES string of the molecule is Cc1ccc(Br)c(NC(CN)c2cncc(Br)c2)c1. The van der Waals surface area contributed by atoms with E-state index in [1.54, 1.807) is 6.20 Å². The number of nitrogens with two attached hydrogens (primary N) is 1. The minimum absolute atomic E-state index is 0.0306. The van der Waals surface area contributed by atoms with E-state index in [4.69, 9.17) is 5.73 Å². The van der Waals surface area contributed by atoms with Gasteiger partial charge >= 0.3 is 0 Å². The molecule has 2 aromatic rings. The van der Waals surface area contributed by atoms with Gasteiger partial charge < -0.3 is 11.1 Å². The normalized spacial score (nSPS) is 12.2. The molecule has 1 aromatic carbocycles. The Hall–Kier alpha value is -0.910. The Morgan fingerprint density at radius 3 is 2.74 bits per heavy atom. The average molecular weight is 385 g/mol. The number of halogens is 2. The van der Waals surface area contributed by atoms with Gasteiger partial charge in [0.05, 0.1) is 6.04 Å². The number of hydrogen-bond acceptors (Lipinski definition) is 3. The van der Waals surface area contributed by atoms with Gasteiger partial charge in [-0.05, 0) is 68.1 Å². The third kappa shape index (κ3) is 3.78. The van der Waals surface area contributed by atoms with E-state index in [-0.39, 0.29) is 6.04 Å². The maximum absolute atomic E-state index is 5.87. The van der Waals surface area contributed by atoms with E-state index < -0.39 is 0 Å². The molecule has 0 radical (unpaired) electrons. The van der Waals surface area contributed by atoms with Gasteiger partial charge in [-0.3, -0.25) is 4.98 Å². The number of anilines is 1. The molecule has 0 aliphatic rings. The van der Waals surface area contributed by atoms with E-state index in [2.05, 4.69) is 61.2 Å². The molecule has 1 atom stereocenters. The Bertz CT molecular complexity index is 572. The lowest BCUT2D eigenvalue weighted by Crippen LogP contribution is -2.21. The first kappa shape index (κ1) is 14.5. The van der Waals surface area contributed by atoms with Crippen LogP contribution in [0.25, 0.3) is 0 Å². The monoisotopic (exact) mass is 383 g/mol. The molecule has 0 spiro atoms. The highest BCUT2D eigenvalue weighted by atomic mass is 79.9. The smallest absolute Gasteiger partial charge is 0.0652 e. The van der Waals surface area contributed by atoms with Crippen molar-refractivity contribution in [1.29, 1.82) is 0 Å². The Labute approximate surface area is 129 Å². The van der Waals surface area contributed by atoms with Gasteiger partial charge in [0, 0.05) is 33.6 Å². The molecule has 0 bridgehead atoms. The van der Waals surface area contributed by atoms with Crippen LogP contribution in [0.2, 0.25) is 0 Å². The summed E-state index contributed by atoms with van der Waals surface area (Å²) in [5.74, 6) is 0. The Morgan fingerprint density at radius 1 is 1.26 bits per heavy atom. The molecule has 0 aliphatic carbocycles. The maximum atomic E-state index is 5.87. The number of nitrogens with one attached hydrogen (secondary N) is 1. The van der Waals surface area contributed by atoms with Crippen molar-refractivity contribution in [3.8, 4) is 0 Å².